The van der Waals surface area contributed by atoms with E-state index in [-0.39, 0.29) is 12.4 Å². The highest BCUT2D eigenvalue weighted by atomic mass is 35.5. The lowest BCUT2D eigenvalue weighted by Crippen LogP contribution is -2.47. The second kappa shape index (κ2) is 10.4. The van der Waals surface area contributed by atoms with Gasteiger partial charge >= 0.3 is 0 Å². The summed E-state index contributed by atoms with van der Waals surface area (Å²) in [5.74, 6) is 1.16. The molecule has 0 spiro atoms. The summed E-state index contributed by atoms with van der Waals surface area (Å²) in [6, 6.07) is 8.11. The second-order valence-corrected chi connectivity index (χ2v) is 7.44. The molecular formula is C19H29Cl2N3O. The first-order chi connectivity index (χ1) is 11.7. The summed E-state index contributed by atoms with van der Waals surface area (Å²) in [5.41, 5.74) is 1.31. The molecule has 0 aromatic heterocycles. The third kappa shape index (κ3) is 7.14. The summed E-state index contributed by atoms with van der Waals surface area (Å²) in [6.45, 7) is 6.60. The number of benzene rings is 1. The number of carbonyl (C=O) groups excluding carboxylic acids is 1. The molecule has 0 radical (unpaired) electrons. The lowest BCUT2D eigenvalue weighted by atomic mass is 10.1. The van der Waals surface area contributed by atoms with Crippen molar-refractivity contribution >= 4 is 29.9 Å². The molecule has 1 amide bonds. The molecule has 6 heteroatoms. The van der Waals surface area contributed by atoms with Crippen molar-refractivity contribution in [2.75, 3.05) is 45.8 Å². The Hall–Kier alpha value is -0.810. The van der Waals surface area contributed by atoms with Crippen LogP contribution in [0.4, 0.5) is 0 Å². The third-order valence-electron chi connectivity index (χ3n) is 4.95. The van der Waals surface area contributed by atoms with Crippen LogP contribution in [0.25, 0.3) is 0 Å². The van der Waals surface area contributed by atoms with Gasteiger partial charge in [0.05, 0.1) is 0 Å². The number of nitrogens with one attached hydrogen (secondary N) is 1. The molecule has 1 aliphatic heterocycles. The molecule has 0 unspecified atom stereocenters. The van der Waals surface area contributed by atoms with Crippen LogP contribution in [-0.4, -0.2) is 61.5 Å². The molecular weight excluding hydrogens is 357 g/mol. The summed E-state index contributed by atoms with van der Waals surface area (Å²) in [4.78, 5) is 16.9. The first-order valence-corrected chi connectivity index (χ1v) is 9.54. The van der Waals surface area contributed by atoms with Gasteiger partial charge in [0.1, 0.15) is 0 Å². The van der Waals surface area contributed by atoms with Crippen molar-refractivity contribution < 1.29 is 4.79 Å². The molecule has 1 N–H and O–H groups in total. The monoisotopic (exact) mass is 385 g/mol. The summed E-state index contributed by atoms with van der Waals surface area (Å²) < 4.78 is 0. The summed E-state index contributed by atoms with van der Waals surface area (Å²) in [5, 5.41) is 4.08. The van der Waals surface area contributed by atoms with Crippen LogP contribution in [0, 0.1) is 5.92 Å². The number of nitrogens with zero attached hydrogens (tertiary/aromatic N) is 2. The Bertz CT molecular complexity index is 528. The maximum Gasteiger partial charge on any atom is 0.223 e. The van der Waals surface area contributed by atoms with Crippen molar-refractivity contribution in [1.82, 2.24) is 15.1 Å². The molecule has 1 saturated carbocycles. The van der Waals surface area contributed by atoms with Gasteiger partial charge in [-0.2, -0.15) is 0 Å². The standard InChI is InChI=1S/C19H28ClN3O.ClH/c20-18-5-3-16(4-6-18)7-11-22(15-17-1-2-17)12-8-19(24)23-13-9-21-10-14-23;/h3-6,17,21H,1-2,7-15H2;1H. The van der Waals surface area contributed by atoms with E-state index in [0.717, 1.165) is 63.2 Å². The zero-order valence-corrected chi connectivity index (χ0v) is 16.3. The molecule has 1 aromatic carbocycles. The Labute approximate surface area is 162 Å². The first-order valence-electron chi connectivity index (χ1n) is 9.16. The molecule has 2 fully saturated rings. The van der Waals surface area contributed by atoms with Crippen molar-refractivity contribution in [3.63, 3.8) is 0 Å². The van der Waals surface area contributed by atoms with Crippen LogP contribution in [0.2, 0.25) is 5.02 Å². The van der Waals surface area contributed by atoms with Crippen molar-refractivity contribution in [1.29, 1.82) is 0 Å². The molecule has 1 aliphatic carbocycles. The SMILES string of the molecule is Cl.O=C(CCN(CCc1ccc(Cl)cc1)CC1CC1)N1CCNCC1. The van der Waals surface area contributed by atoms with Gasteiger partial charge in [0.25, 0.3) is 0 Å². The van der Waals surface area contributed by atoms with Gasteiger partial charge < -0.3 is 15.1 Å². The second-order valence-electron chi connectivity index (χ2n) is 7.00. The molecule has 1 aromatic rings. The predicted molar refractivity (Wildman–Crippen MR) is 106 cm³/mol. The number of amides is 1. The van der Waals surface area contributed by atoms with E-state index < -0.39 is 0 Å². The van der Waals surface area contributed by atoms with Crippen LogP contribution in [0.3, 0.4) is 0 Å². The molecule has 1 saturated heterocycles. The fourth-order valence-corrected chi connectivity index (χ4v) is 3.35. The van der Waals surface area contributed by atoms with Gasteiger partial charge in [0.15, 0.2) is 0 Å². The Morgan fingerprint density at radius 2 is 1.84 bits per heavy atom. The van der Waals surface area contributed by atoms with Crippen molar-refractivity contribution in [3.05, 3.63) is 34.9 Å². The van der Waals surface area contributed by atoms with Crippen LogP contribution in [-0.2, 0) is 11.2 Å². The van der Waals surface area contributed by atoms with Crippen molar-refractivity contribution in [3.8, 4) is 0 Å². The highest BCUT2D eigenvalue weighted by Gasteiger charge is 2.25. The lowest BCUT2D eigenvalue weighted by Gasteiger charge is -2.29. The summed E-state index contributed by atoms with van der Waals surface area (Å²) in [6.07, 6.45) is 4.37. The molecule has 3 rings (SSSR count). The Morgan fingerprint density at radius 1 is 1.16 bits per heavy atom. The van der Waals surface area contributed by atoms with Gasteiger partial charge in [-0.1, -0.05) is 23.7 Å². The quantitative estimate of drug-likeness (QED) is 0.746. The zero-order valence-electron chi connectivity index (χ0n) is 14.8. The summed E-state index contributed by atoms with van der Waals surface area (Å²) >= 11 is 5.95. The van der Waals surface area contributed by atoms with E-state index >= 15 is 0 Å². The Morgan fingerprint density at radius 3 is 2.48 bits per heavy atom. The Kier molecular flexibility index (Phi) is 8.50. The molecule has 0 bridgehead atoms. The average Bonchev–Trinajstić information content (AvgIpc) is 3.43. The predicted octanol–water partition coefficient (Wildman–Crippen LogP) is 2.84. The molecule has 140 valence electrons. The van der Waals surface area contributed by atoms with Gasteiger partial charge in [-0.05, 0) is 42.9 Å². The van der Waals surface area contributed by atoms with E-state index in [9.17, 15) is 4.79 Å². The maximum absolute atomic E-state index is 12.4. The Balaban J connectivity index is 0.00000225. The lowest BCUT2D eigenvalue weighted by molar-refractivity contribution is -0.132. The van der Waals surface area contributed by atoms with Crippen molar-refractivity contribution in [2.24, 2.45) is 5.92 Å². The van der Waals surface area contributed by atoms with E-state index in [1.165, 1.54) is 18.4 Å². The minimum absolute atomic E-state index is 0. The fourth-order valence-electron chi connectivity index (χ4n) is 3.22. The highest BCUT2D eigenvalue weighted by molar-refractivity contribution is 6.30. The van der Waals surface area contributed by atoms with Gasteiger partial charge in [-0.25, -0.2) is 0 Å². The molecule has 25 heavy (non-hydrogen) atoms. The molecule has 1 heterocycles. The number of hydrogen-bond acceptors (Lipinski definition) is 3. The smallest absolute Gasteiger partial charge is 0.223 e. The van der Waals surface area contributed by atoms with E-state index in [1.807, 2.05) is 17.0 Å². The van der Waals surface area contributed by atoms with E-state index in [2.05, 4.69) is 22.3 Å². The topological polar surface area (TPSA) is 35.6 Å². The van der Waals surface area contributed by atoms with E-state index in [0.29, 0.717) is 12.3 Å². The normalized spacial score (nSPS) is 17.4. The molecule has 2 aliphatic rings. The highest BCUT2D eigenvalue weighted by Crippen LogP contribution is 2.29. The number of piperazine rings is 1. The number of rotatable bonds is 8. The van der Waals surface area contributed by atoms with Crippen LogP contribution in [0.5, 0.6) is 0 Å². The minimum atomic E-state index is 0. The van der Waals surface area contributed by atoms with E-state index in [4.69, 9.17) is 11.6 Å². The van der Waals surface area contributed by atoms with Crippen LogP contribution in [0.15, 0.2) is 24.3 Å². The van der Waals surface area contributed by atoms with Gasteiger partial charge in [-0.15, -0.1) is 12.4 Å². The van der Waals surface area contributed by atoms with Crippen LogP contribution < -0.4 is 5.32 Å². The van der Waals surface area contributed by atoms with E-state index in [1.54, 1.807) is 0 Å². The largest absolute Gasteiger partial charge is 0.340 e. The number of carbonyl (C=O) groups is 1. The maximum atomic E-state index is 12.4. The molecule has 4 nitrogen and oxygen atoms in total. The average molecular weight is 386 g/mol. The number of hydrogen-bond donors (Lipinski definition) is 1. The third-order valence-corrected chi connectivity index (χ3v) is 5.21. The zero-order chi connectivity index (χ0) is 16.8. The van der Waals surface area contributed by atoms with Crippen LogP contribution in [0.1, 0.15) is 24.8 Å². The van der Waals surface area contributed by atoms with Gasteiger partial charge in [-0.3, -0.25) is 4.79 Å². The van der Waals surface area contributed by atoms with Gasteiger partial charge in [0.2, 0.25) is 5.91 Å². The molecule has 0 atom stereocenters. The summed E-state index contributed by atoms with van der Waals surface area (Å²) in [7, 11) is 0. The van der Waals surface area contributed by atoms with Gasteiger partial charge in [0, 0.05) is 57.3 Å². The fraction of sp³-hybridized carbons (Fsp3) is 0.632. The first kappa shape index (κ1) is 20.5. The van der Waals surface area contributed by atoms with Crippen LogP contribution >= 0.6 is 24.0 Å². The minimum Gasteiger partial charge on any atom is -0.340 e. The number of halogens is 2. The van der Waals surface area contributed by atoms with Crippen molar-refractivity contribution in [2.45, 2.75) is 25.7 Å².